The number of methoxy groups -OCH3 is 1. The monoisotopic (exact) mass is 313 g/mol. The van der Waals surface area contributed by atoms with E-state index in [0.717, 1.165) is 5.56 Å². The summed E-state index contributed by atoms with van der Waals surface area (Å²) in [4.78, 5) is 11.3. The molecule has 0 atom stereocenters. The van der Waals surface area contributed by atoms with Gasteiger partial charge in [-0.3, -0.25) is 5.43 Å². The Labute approximate surface area is 132 Å². The molecule has 0 bridgehead atoms. The van der Waals surface area contributed by atoms with Crippen molar-refractivity contribution in [2.24, 2.45) is 5.10 Å². The Kier molecular flexibility index (Phi) is 5.12. The van der Waals surface area contributed by atoms with E-state index in [1.54, 1.807) is 48.7 Å². The molecule has 0 unspecified atom stereocenters. The molecule has 110 valence electrons. The number of esters is 1. The Hall–Kier alpha value is -2.84. The summed E-state index contributed by atoms with van der Waals surface area (Å²) in [6.45, 7) is 0. The Morgan fingerprint density at radius 2 is 2.05 bits per heavy atom. The number of nitrogens with zero attached hydrogens (tertiary/aromatic N) is 2. The molecule has 0 aliphatic heterocycles. The molecule has 2 aromatic rings. The molecule has 0 aliphatic rings. The third kappa shape index (κ3) is 3.84. The fraction of sp³-hybridized carbons (Fsp3) is 0.0625. The van der Waals surface area contributed by atoms with Gasteiger partial charge in [-0.1, -0.05) is 23.7 Å². The zero-order valence-corrected chi connectivity index (χ0v) is 12.5. The van der Waals surface area contributed by atoms with Gasteiger partial charge in [0.05, 0.1) is 35.2 Å². The third-order valence-electron chi connectivity index (χ3n) is 2.83. The van der Waals surface area contributed by atoms with Gasteiger partial charge in [0.1, 0.15) is 6.07 Å². The first-order valence-corrected chi connectivity index (χ1v) is 6.69. The summed E-state index contributed by atoms with van der Waals surface area (Å²) < 4.78 is 4.62. The summed E-state index contributed by atoms with van der Waals surface area (Å²) in [6, 6.07) is 13.8. The van der Waals surface area contributed by atoms with Crippen molar-refractivity contribution in [3.63, 3.8) is 0 Å². The van der Waals surface area contributed by atoms with Crippen molar-refractivity contribution in [2.75, 3.05) is 12.5 Å². The number of hydrogen-bond acceptors (Lipinski definition) is 5. The molecule has 22 heavy (non-hydrogen) atoms. The number of ether oxygens (including phenoxy) is 1. The van der Waals surface area contributed by atoms with Crippen molar-refractivity contribution in [3.8, 4) is 6.07 Å². The van der Waals surface area contributed by atoms with E-state index in [-0.39, 0.29) is 5.97 Å². The van der Waals surface area contributed by atoms with E-state index in [1.807, 2.05) is 6.07 Å². The zero-order valence-electron chi connectivity index (χ0n) is 11.7. The minimum atomic E-state index is -0.381. The van der Waals surface area contributed by atoms with Crippen molar-refractivity contribution in [1.29, 1.82) is 5.26 Å². The first kappa shape index (κ1) is 15.5. The van der Waals surface area contributed by atoms with E-state index < -0.39 is 0 Å². The van der Waals surface area contributed by atoms with Crippen LogP contribution in [0.5, 0.6) is 0 Å². The van der Waals surface area contributed by atoms with Crippen molar-refractivity contribution in [3.05, 3.63) is 64.2 Å². The second-order valence-electron chi connectivity index (χ2n) is 4.29. The zero-order chi connectivity index (χ0) is 15.9. The second-order valence-corrected chi connectivity index (χ2v) is 4.70. The summed E-state index contributed by atoms with van der Waals surface area (Å²) in [5, 5.41) is 13.2. The number of hydrazone groups is 1. The van der Waals surface area contributed by atoms with Crippen LogP contribution >= 0.6 is 11.6 Å². The number of benzene rings is 2. The van der Waals surface area contributed by atoms with E-state index in [4.69, 9.17) is 16.9 Å². The lowest BCUT2D eigenvalue weighted by Crippen LogP contribution is -2.00. The van der Waals surface area contributed by atoms with E-state index in [2.05, 4.69) is 15.3 Å². The molecule has 0 heterocycles. The van der Waals surface area contributed by atoms with Crippen LogP contribution in [0, 0.1) is 11.3 Å². The molecule has 2 aromatic carbocycles. The molecule has 0 fully saturated rings. The summed E-state index contributed by atoms with van der Waals surface area (Å²) in [5.41, 5.74) is 5.20. The van der Waals surface area contributed by atoms with Gasteiger partial charge in [0.15, 0.2) is 0 Å². The van der Waals surface area contributed by atoms with Gasteiger partial charge >= 0.3 is 5.97 Å². The van der Waals surface area contributed by atoms with E-state index in [0.29, 0.717) is 21.8 Å². The van der Waals surface area contributed by atoms with Gasteiger partial charge in [-0.15, -0.1) is 0 Å². The molecule has 0 radical (unpaired) electrons. The summed E-state index contributed by atoms with van der Waals surface area (Å²) in [6.07, 6.45) is 1.60. The van der Waals surface area contributed by atoms with E-state index in [1.165, 1.54) is 7.11 Å². The lowest BCUT2D eigenvalue weighted by Gasteiger charge is -2.02. The van der Waals surface area contributed by atoms with Gasteiger partial charge in [-0.05, 0) is 35.9 Å². The molecule has 6 heteroatoms. The van der Waals surface area contributed by atoms with Crippen LogP contribution in [0.4, 0.5) is 5.69 Å². The number of rotatable bonds is 4. The predicted octanol–water partition coefficient (Wildman–Crippen LogP) is 3.44. The van der Waals surface area contributed by atoms with Crippen LogP contribution in [0.1, 0.15) is 21.5 Å². The predicted molar refractivity (Wildman–Crippen MR) is 85.2 cm³/mol. The topological polar surface area (TPSA) is 74.5 Å². The van der Waals surface area contributed by atoms with Crippen LogP contribution in [0.15, 0.2) is 47.6 Å². The first-order chi connectivity index (χ1) is 10.6. The summed E-state index contributed by atoms with van der Waals surface area (Å²) in [7, 11) is 1.34. The highest BCUT2D eigenvalue weighted by Gasteiger charge is 2.03. The summed E-state index contributed by atoms with van der Waals surface area (Å²) >= 11 is 5.93. The van der Waals surface area contributed by atoms with Crippen LogP contribution in [-0.2, 0) is 4.74 Å². The molecule has 0 aliphatic carbocycles. The van der Waals surface area contributed by atoms with Gasteiger partial charge in [0.25, 0.3) is 0 Å². The molecule has 0 aromatic heterocycles. The van der Waals surface area contributed by atoms with Crippen LogP contribution in [0.3, 0.4) is 0 Å². The van der Waals surface area contributed by atoms with Gasteiger partial charge in [-0.25, -0.2) is 4.79 Å². The standard InChI is InChI=1S/C16H12ClN3O2/c1-22-16(21)12-4-2-11(3-5-12)10-19-20-14-7-6-13(9-18)15(17)8-14/h2-8,10,20H,1H3/b19-10+. The van der Waals surface area contributed by atoms with Crippen LogP contribution in [-0.4, -0.2) is 19.3 Å². The fourth-order valence-electron chi connectivity index (χ4n) is 1.68. The highest BCUT2D eigenvalue weighted by atomic mass is 35.5. The molecule has 0 spiro atoms. The number of carbonyl (C=O) groups excluding carboxylic acids is 1. The van der Waals surface area contributed by atoms with Gasteiger partial charge < -0.3 is 4.74 Å². The van der Waals surface area contributed by atoms with Crippen LogP contribution in [0.2, 0.25) is 5.02 Å². The van der Waals surface area contributed by atoms with Gasteiger partial charge in [0.2, 0.25) is 0 Å². The van der Waals surface area contributed by atoms with Gasteiger partial charge in [0, 0.05) is 0 Å². The molecule has 0 amide bonds. The lowest BCUT2D eigenvalue weighted by atomic mass is 10.1. The highest BCUT2D eigenvalue weighted by molar-refractivity contribution is 6.32. The molecular weight excluding hydrogens is 302 g/mol. The maximum absolute atomic E-state index is 11.3. The summed E-state index contributed by atoms with van der Waals surface area (Å²) in [5.74, 6) is -0.381. The minimum Gasteiger partial charge on any atom is -0.465 e. The van der Waals surface area contributed by atoms with Crippen molar-refractivity contribution in [2.45, 2.75) is 0 Å². The Balaban J connectivity index is 2.02. The smallest absolute Gasteiger partial charge is 0.337 e. The lowest BCUT2D eigenvalue weighted by molar-refractivity contribution is 0.0600. The Morgan fingerprint density at radius 3 is 2.64 bits per heavy atom. The van der Waals surface area contributed by atoms with Crippen LogP contribution < -0.4 is 5.43 Å². The maximum atomic E-state index is 11.3. The number of nitriles is 1. The minimum absolute atomic E-state index is 0.366. The van der Waals surface area contributed by atoms with Crippen LogP contribution in [0.25, 0.3) is 0 Å². The van der Waals surface area contributed by atoms with Crippen molar-refractivity contribution in [1.82, 2.24) is 0 Å². The number of halogens is 1. The molecule has 2 rings (SSSR count). The first-order valence-electron chi connectivity index (χ1n) is 6.31. The van der Waals surface area contributed by atoms with Gasteiger partial charge in [-0.2, -0.15) is 10.4 Å². The second kappa shape index (κ2) is 7.25. The van der Waals surface area contributed by atoms with Crippen molar-refractivity contribution < 1.29 is 9.53 Å². The number of anilines is 1. The fourth-order valence-corrected chi connectivity index (χ4v) is 1.90. The van der Waals surface area contributed by atoms with Crippen molar-refractivity contribution >= 4 is 29.5 Å². The average Bonchev–Trinajstić information content (AvgIpc) is 2.55. The quantitative estimate of drug-likeness (QED) is 0.533. The molecule has 5 nitrogen and oxygen atoms in total. The van der Waals surface area contributed by atoms with E-state index in [9.17, 15) is 4.79 Å². The van der Waals surface area contributed by atoms with E-state index >= 15 is 0 Å². The largest absolute Gasteiger partial charge is 0.465 e. The maximum Gasteiger partial charge on any atom is 0.337 e. The SMILES string of the molecule is COC(=O)c1ccc(/C=N/Nc2ccc(C#N)c(Cl)c2)cc1. The normalized spacial score (nSPS) is 10.2. The average molecular weight is 314 g/mol. The molecule has 0 saturated carbocycles. The molecule has 0 saturated heterocycles. The number of hydrogen-bond donors (Lipinski definition) is 1. The Morgan fingerprint density at radius 1 is 1.32 bits per heavy atom. The third-order valence-corrected chi connectivity index (χ3v) is 3.14. The molecular formula is C16H12ClN3O2. The number of nitrogens with one attached hydrogen (secondary N) is 1. The molecule has 1 N–H and O–H groups in total. The number of carbonyl (C=O) groups is 1. The Bertz CT molecular complexity index is 749. The highest BCUT2D eigenvalue weighted by Crippen LogP contribution is 2.20.